The second-order valence-corrected chi connectivity index (χ2v) is 5.80. The number of hydrogen-bond acceptors (Lipinski definition) is 4. The molecule has 3 rings (SSSR count). The van der Waals surface area contributed by atoms with E-state index in [1.807, 2.05) is 0 Å². The Kier molecular flexibility index (Phi) is 3.53. The summed E-state index contributed by atoms with van der Waals surface area (Å²) in [6.45, 7) is 0.642. The summed E-state index contributed by atoms with van der Waals surface area (Å²) in [5.74, 6) is -0.277. The molecular formula is C15H15ClO5. The van der Waals surface area contributed by atoms with Gasteiger partial charge in [0.2, 0.25) is 0 Å². The van der Waals surface area contributed by atoms with Crippen LogP contribution in [0, 0.1) is 0 Å². The molecule has 0 aromatic heterocycles. The first-order chi connectivity index (χ1) is 10.1. The molecule has 1 aromatic carbocycles. The highest BCUT2D eigenvalue weighted by Gasteiger charge is 2.47. The minimum atomic E-state index is -1.05. The summed E-state index contributed by atoms with van der Waals surface area (Å²) in [7, 11) is 0. The largest absolute Gasteiger partial charge is 0.486 e. The lowest BCUT2D eigenvalue weighted by molar-refractivity contribution is -0.143. The standard InChI is InChI=1S/C15H15ClO5/c16-10-7-9(8-17)12-13(21-6-5-20-12)11(10)15(14(18)19)3-1-2-4-15/h7-8H,1-6H2,(H,18,19). The molecule has 0 bridgehead atoms. The monoisotopic (exact) mass is 310 g/mol. The summed E-state index contributed by atoms with van der Waals surface area (Å²) in [6, 6.07) is 1.47. The Morgan fingerprint density at radius 3 is 2.43 bits per heavy atom. The zero-order chi connectivity index (χ0) is 15.0. The lowest BCUT2D eigenvalue weighted by Crippen LogP contribution is -2.34. The molecular weight excluding hydrogens is 296 g/mol. The highest BCUT2D eigenvalue weighted by atomic mass is 35.5. The van der Waals surface area contributed by atoms with E-state index in [2.05, 4.69) is 0 Å². The molecule has 1 heterocycles. The second-order valence-electron chi connectivity index (χ2n) is 5.39. The molecule has 0 spiro atoms. The Morgan fingerprint density at radius 2 is 1.86 bits per heavy atom. The van der Waals surface area contributed by atoms with Gasteiger partial charge in [0.15, 0.2) is 17.8 Å². The molecule has 0 atom stereocenters. The molecule has 1 N–H and O–H groups in total. The molecule has 0 saturated heterocycles. The predicted octanol–water partition coefficient (Wildman–Crippen LogP) is 2.82. The summed E-state index contributed by atoms with van der Waals surface area (Å²) in [4.78, 5) is 23.1. The van der Waals surface area contributed by atoms with Crippen molar-refractivity contribution in [1.82, 2.24) is 0 Å². The van der Waals surface area contributed by atoms with Gasteiger partial charge in [-0.25, -0.2) is 0 Å². The molecule has 21 heavy (non-hydrogen) atoms. The van der Waals surface area contributed by atoms with E-state index >= 15 is 0 Å². The van der Waals surface area contributed by atoms with Crippen LogP contribution in [0.4, 0.5) is 0 Å². The van der Waals surface area contributed by atoms with E-state index in [1.165, 1.54) is 6.07 Å². The van der Waals surface area contributed by atoms with Gasteiger partial charge in [-0.15, -0.1) is 0 Å². The molecule has 6 heteroatoms. The maximum atomic E-state index is 11.9. The van der Waals surface area contributed by atoms with Gasteiger partial charge in [0.05, 0.1) is 11.0 Å². The van der Waals surface area contributed by atoms with Crippen LogP contribution in [0.15, 0.2) is 6.07 Å². The Balaban J connectivity index is 2.27. The van der Waals surface area contributed by atoms with Crippen molar-refractivity contribution in [3.05, 3.63) is 22.2 Å². The number of carboxylic acid groups (broad SMARTS) is 1. The van der Waals surface area contributed by atoms with E-state index in [-0.39, 0.29) is 10.6 Å². The van der Waals surface area contributed by atoms with Gasteiger partial charge in [0, 0.05) is 10.6 Å². The number of benzene rings is 1. The number of aldehydes is 1. The average molecular weight is 311 g/mol. The van der Waals surface area contributed by atoms with Gasteiger partial charge in [0.25, 0.3) is 0 Å². The molecule has 1 aliphatic carbocycles. The van der Waals surface area contributed by atoms with Gasteiger partial charge in [0.1, 0.15) is 13.2 Å². The number of halogens is 1. The van der Waals surface area contributed by atoms with Crippen LogP contribution < -0.4 is 9.47 Å². The Bertz CT molecular complexity index is 605. The molecule has 1 fully saturated rings. The van der Waals surface area contributed by atoms with Crippen molar-refractivity contribution in [2.24, 2.45) is 0 Å². The fraction of sp³-hybridized carbons (Fsp3) is 0.467. The number of carbonyl (C=O) groups is 2. The van der Waals surface area contributed by atoms with Crippen LogP contribution in [0.25, 0.3) is 0 Å². The average Bonchev–Trinajstić information content (AvgIpc) is 2.97. The molecule has 0 radical (unpaired) electrons. The minimum Gasteiger partial charge on any atom is -0.486 e. The lowest BCUT2D eigenvalue weighted by atomic mass is 9.77. The first-order valence-electron chi connectivity index (χ1n) is 6.91. The van der Waals surface area contributed by atoms with Gasteiger partial charge in [-0.05, 0) is 18.9 Å². The minimum absolute atomic E-state index is 0.255. The summed E-state index contributed by atoms with van der Waals surface area (Å²) in [5, 5.41) is 10.0. The number of carbonyl (C=O) groups excluding carboxylic acids is 1. The normalized spacial score (nSPS) is 19.3. The van der Waals surface area contributed by atoms with Gasteiger partial charge < -0.3 is 14.6 Å². The molecule has 2 aliphatic rings. The molecule has 112 valence electrons. The first kappa shape index (κ1) is 14.2. The SMILES string of the molecule is O=Cc1cc(Cl)c(C2(C(=O)O)CCCC2)c2c1OCCO2. The fourth-order valence-electron chi connectivity index (χ4n) is 3.28. The smallest absolute Gasteiger partial charge is 0.314 e. The second kappa shape index (κ2) is 5.22. The van der Waals surface area contributed by atoms with E-state index in [9.17, 15) is 14.7 Å². The summed E-state index contributed by atoms with van der Waals surface area (Å²) < 4.78 is 11.2. The molecule has 1 saturated carbocycles. The fourth-order valence-corrected chi connectivity index (χ4v) is 3.67. The number of fused-ring (bicyclic) bond motifs is 1. The topological polar surface area (TPSA) is 72.8 Å². The van der Waals surface area contributed by atoms with Crippen molar-refractivity contribution in [1.29, 1.82) is 0 Å². The molecule has 1 aromatic rings. The van der Waals surface area contributed by atoms with Crippen molar-refractivity contribution >= 4 is 23.9 Å². The van der Waals surface area contributed by atoms with E-state index in [0.29, 0.717) is 49.4 Å². The quantitative estimate of drug-likeness (QED) is 0.869. The molecule has 0 unspecified atom stereocenters. The van der Waals surface area contributed by atoms with Crippen LogP contribution in [-0.4, -0.2) is 30.6 Å². The maximum Gasteiger partial charge on any atom is 0.314 e. The highest BCUT2D eigenvalue weighted by Crippen LogP contribution is 2.52. The zero-order valence-electron chi connectivity index (χ0n) is 11.4. The van der Waals surface area contributed by atoms with Crippen molar-refractivity contribution in [3.8, 4) is 11.5 Å². The van der Waals surface area contributed by atoms with Crippen molar-refractivity contribution < 1.29 is 24.2 Å². The van der Waals surface area contributed by atoms with Gasteiger partial charge in [-0.1, -0.05) is 24.4 Å². The third-order valence-electron chi connectivity index (χ3n) is 4.26. The molecule has 5 nitrogen and oxygen atoms in total. The van der Waals surface area contributed by atoms with E-state index in [1.54, 1.807) is 0 Å². The number of carboxylic acids is 1. The Labute approximate surface area is 126 Å². The third-order valence-corrected chi connectivity index (χ3v) is 4.56. The Morgan fingerprint density at radius 1 is 1.24 bits per heavy atom. The molecule has 0 amide bonds. The summed E-state index contributed by atoms with van der Waals surface area (Å²) in [6.07, 6.45) is 3.32. The molecule has 1 aliphatic heterocycles. The summed E-state index contributed by atoms with van der Waals surface area (Å²) in [5.41, 5.74) is -0.310. The van der Waals surface area contributed by atoms with Crippen molar-refractivity contribution in [2.45, 2.75) is 31.1 Å². The van der Waals surface area contributed by atoms with Gasteiger partial charge in [-0.3, -0.25) is 9.59 Å². The van der Waals surface area contributed by atoms with Crippen LogP contribution in [0.3, 0.4) is 0 Å². The highest BCUT2D eigenvalue weighted by molar-refractivity contribution is 6.32. The maximum absolute atomic E-state index is 11.9. The van der Waals surface area contributed by atoms with E-state index in [4.69, 9.17) is 21.1 Å². The summed E-state index contributed by atoms with van der Waals surface area (Å²) >= 11 is 6.30. The third kappa shape index (κ3) is 2.07. The van der Waals surface area contributed by atoms with Crippen LogP contribution in [0.5, 0.6) is 11.5 Å². The van der Waals surface area contributed by atoms with Crippen LogP contribution in [0.1, 0.15) is 41.6 Å². The van der Waals surface area contributed by atoms with Crippen LogP contribution in [0.2, 0.25) is 5.02 Å². The number of rotatable bonds is 3. The van der Waals surface area contributed by atoms with E-state index < -0.39 is 11.4 Å². The van der Waals surface area contributed by atoms with Gasteiger partial charge in [-0.2, -0.15) is 0 Å². The number of hydrogen-bond donors (Lipinski definition) is 1. The lowest BCUT2D eigenvalue weighted by Gasteiger charge is -2.31. The van der Waals surface area contributed by atoms with Crippen molar-refractivity contribution in [3.63, 3.8) is 0 Å². The van der Waals surface area contributed by atoms with Crippen LogP contribution >= 0.6 is 11.6 Å². The number of ether oxygens (including phenoxy) is 2. The van der Waals surface area contributed by atoms with E-state index in [0.717, 1.165) is 12.8 Å². The Hall–Kier alpha value is -1.75. The van der Waals surface area contributed by atoms with Crippen LogP contribution in [-0.2, 0) is 10.2 Å². The first-order valence-corrected chi connectivity index (χ1v) is 7.29. The van der Waals surface area contributed by atoms with Gasteiger partial charge >= 0.3 is 5.97 Å². The number of aliphatic carboxylic acids is 1. The zero-order valence-corrected chi connectivity index (χ0v) is 12.1. The predicted molar refractivity (Wildman–Crippen MR) is 75.6 cm³/mol. The van der Waals surface area contributed by atoms with Crippen molar-refractivity contribution in [2.75, 3.05) is 13.2 Å².